The molecule has 2 aromatic carbocycles. The first-order valence-electron chi connectivity index (χ1n) is 10.8. The topological polar surface area (TPSA) is 53.5 Å². The highest BCUT2D eigenvalue weighted by Gasteiger charge is 2.31. The van der Waals surface area contributed by atoms with E-state index < -0.39 is 6.36 Å². The van der Waals surface area contributed by atoms with Gasteiger partial charge in [0.2, 0.25) is 0 Å². The van der Waals surface area contributed by atoms with E-state index in [1.807, 2.05) is 42.5 Å². The van der Waals surface area contributed by atoms with Gasteiger partial charge in [0, 0.05) is 11.6 Å². The van der Waals surface area contributed by atoms with Crippen LogP contribution in [0.25, 0.3) is 0 Å². The molecule has 0 amide bonds. The SMILES string of the molecule is FC(F)(F)Oc1cccc(C#Cc2cc(OCc3ccccc3)c(OCC3=CC=CCC3)nn2)c1. The summed E-state index contributed by atoms with van der Waals surface area (Å²) in [4.78, 5) is 0. The van der Waals surface area contributed by atoms with Crippen LogP contribution < -0.4 is 14.2 Å². The van der Waals surface area contributed by atoms with Crippen LogP contribution in [0.1, 0.15) is 29.7 Å². The number of benzene rings is 2. The lowest BCUT2D eigenvalue weighted by atomic mass is 10.1. The fourth-order valence-corrected chi connectivity index (χ4v) is 3.20. The van der Waals surface area contributed by atoms with E-state index in [-0.39, 0.29) is 23.9 Å². The van der Waals surface area contributed by atoms with Crippen molar-refractivity contribution in [3.05, 3.63) is 101 Å². The molecule has 1 aliphatic carbocycles. The van der Waals surface area contributed by atoms with E-state index in [1.165, 1.54) is 18.2 Å². The first kappa shape index (κ1) is 23.9. The third kappa shape index (κ3) is 7.64. The van der Waals surface area contributed by atoms with Crippen molar-refractivity contribution in [1.82, 2.24) is 10.2 Å². The van der Waals surface area contributed by atoms with E-state index in [2.05, 4.69) is 32.9 Å². The summed E-state index contributed by atoms with van der Waals surface area (Å²) in [6.07, 6.45) is 3.19. The van der Waals surface area contributed by atoms with Crippen molar-refractivity contribution in [3.8, 4) is 29.2 Å². The first-order valence-corrected chi connectivity index (χ1v) is 10.8. The maximum absolute atomic E-state index is 12.5. The molecule has 1 aliphatic rings. The third-order valence-corrected chi connectivity index (χ3v) is 4.86. The molecule has 178 valence electrons. The highest BCUT2D eigenvalue weighted by molar-refractivity contribution is 5.46. The second kappa shape index (κ2) is 11.3. The van der Waals surface area contributed by atoms with E-state index in [4.69, 9.17) is 9.47 Å². The molecule has 0 spiro atoms. The molecule has 4 rings (SSSR count). The van der Waals surface area contributed by atoms with Gasteiger partial charge in [-0.3, -0.25) is 0 Å². The number of hydrogen-bond donors (Lipinski definition) is 0. The molecule has 0 radical (unpaired) electrons. The number of allylic oxidation sites excluding steroid dienone is 3. The second-order valence-electron chi connectivity index (χ2n) is 7.58. The monoisotopic (exact) mass is 478 g/mol. The number of aromatic nitrogens is 2. The van der Waals surface area contributed by atoms with Crippen LogP contribution in [-0.4, -0.2) is 23.2 Å². The predicted molar refractivity (Wildman–Crippen MR) is 124 cm³/mol. The van der Waals surface area contributed by atoms with Crippen LogP contribution in [0.4, 0.5) is 13.2 Å². The van der Waals surface area contributed by atoms with Crippen molar-refractivity contribution in [1.29, 1.82) is 0 Å². The Kier molecular flexibility index (Phi) is 7.68. The molecule has 0 fully saturated rings. The van der Waals surface area contributed by atoms with Crippen LogP contribution in [0.5, 0.6) is 17.4 Å². The smallest absolute Gasteiger partial charge is 0.483 e. The van der Waals surface area contributed by atoms with E-state index in [0.29, 0.717) is 17.9 Å². The molecule has 0 N–H and O–H groups in total. The molecule has 5 nitrogen and oxygen atoms in total. The lowest BCUT2D eigenvalue weighted by Gasteiger charge is -2.13. The van der Waals surface area contributed by atoms with E-state index in [0.717, 1.165) is 24.0 Å². The Hall–Kier alpha value is -4.25. The zero-order chi connectivity index (χ0) is 24.5. The van der Waals surface area contributed by atoms with Crippen LogP contribution in [-0.2, 0) is 6.61 Å². The molecule has 0 atom stereocenters. The molecule has 8 heteroatoms. The Bertz CT molecular complexity index is 1280. The van der Waals surface area contributed by atoms with Crippen LogP contribution in [0.3, 0.4) is 0 Å². The number of alkyl halides is 3. The van der Waals surface area contributed by atoms with E-state index in [9.17, 15) is 13.2 Å². The van der Waals surface area contributed by atoms with Gasteiger partial charge in [0.1, 0.15) is 24.7 Å². The van der Waals surface area contributed by atoms with Crippen LogP contribution >= 0.6 is 0 Å². The Morgan fingerprint density at radius 3 is 2.51 bits per heavy atom. The fourth-order valence-electron chi connectivity index (χ4n) is 3.20. The molecular weight excluding hydrogens is 457 g/mol. The second-order valence-corrected chi connectivity index (χ2v) is 7.58. The summed E-state index contributed by atoms with van der Waals surface area (Å²) in [6.45, 7) is 0.649. The summed E-state index contributed by atoms with van der Waals surface area (Å²) in [5.41, 5.74) is 2.71. The highest BCUT2D eigenvalue weighted by Crippen LogP contribution is 2.27. The van der Waals surface area contributed by atoms with Crippen molar-refractivity contribution in [3.63, 3.8) is 0 Å². The number of rotatable bonds is 7. The average Bonchev–Trinajstić information content (AvgIpc) is 2.86. The van der Waals surface area contributed by atoms with E-state index in [1.54, 1.807) is 12.1 Å². The van der Waals surface area contributed by atoms with Gasteiger partial charge in [-0.05, 0) is 48.1 Å². The molecule has 0 unspecified atom stereocenters. The Morgan fingerprint density at radius 2 is 1.74 bits per heavy atom. The lowest BCUT2D eigenvalue weighted by Crippen LogP contribution is -2.17. The molecule has 1 aromatic heterocycles. The van der Waals surface area contributed by atoms with Crippen LogP contribution in [0.2, 0.25) is 0 Å². The van der Waals surface area contributed by atoms with Crippen molar-refractivity contribution < 1.29 is 27.4 Å². The maximum Gasteiger partial charge on any atom is 0.573 e. The summed E-state index contributed by atoms with van der Waals surface area (Å²) in [7, 11) is 0. The van der Waals surface area contributed by atoms with Gasteiger partial charge in [-0.2, -0.15) is 0 Å². The quantitative estimate of drug-likeness (QED) is 0.390. The zero-order valence-electron chi connectivity index (χ0n) is 18.6. The lowest BCUT2D eigenvalue weighted by molar-refractivity contribution is -0.274. The van der Waals surface area contributed by atoms with Gasteiger partial charge >= 0.3 is 6.36 Å². The van der Waals surface area contributed by atoms with Crippen molar-refractivity contribution in [2.75, 3.05) is 6.61 Å². The summed E-state index contributed by atoms with van der Waals surface area (Å²) in [6, 6.07) is 16.6. The van der Waals surface area contributed by atoms with Crippen molar-refractivity contribution >= 4 is 0 Å². The summed E-state index contributed by atoms with van der Waals surface area (Å²) in [5, 5.41) is 8.22. The van der Waals surface area contributed by atoms with E-state index >= 15 is 0 Å². The Morgan fingerprint density at radius 1 is 0.886 bits per heavy atom. The molecule has 1 heterocycles. The van der Waals surface area contributed by atoms with Gasteiger partial charge in [0.05, 0.1) is 0 Å². The summed E-state index contributed by atoms with van der Waals surface area (Å²) >= 11 is 0. The van der Waals surface area contributed by atoms with Gasteiger partial charge in [-0.1, -0.05) is 60.5 Å². The predicted octanol–water partition coefficient (Wildman–Crippen LogP) is 6.01. The largest absolute Gasteiger partial charge is 0.573 e. The molecule has 0 saturated carbocycles. The number of nitrogens with zero attached hydrogens (tertiary/aromatic N) is 2. The summed E-state index contributed by atoms with van der Waals surface area (Å²) < 4.78 is 53.2. The van der Waals surface area contributed by atoms with Gasteiger partial charge in [-0.15, -0.1) is 23.4 Å². The molecule has 0 bridgehead atoms. The Labute approximate surface area is 200 Å². The molecule has 35 heavy (non-hydrogen) atoms. The van der Waals surface area contributed by atoms with Gasteiger partial charge < -0.3 is 14.2 Å². The number of ether oxygens (including phenoxy) is 3. The third-order valence-electron chi connectivity index (χ3n) is 4.86. The van der Waals surface area contributed by atoms with Crippen molar-refractivity contribution in [2.45, 2.75) is 25.8 Å². The summed E-state index contributed by atoms with van der Waals surface area (Å²) in [5.74, 6) is 5.84. The molecule has 3 aromatic rings. The van der Waals surface area contributed by atoms with Crippen LogP contribution in [0, 0.1) is 11.8 Å². The average molecular weight is 478 g/mol. The minimum absolute atomic E-state index is 0.238. The Balaban J connectivity index is 1.53. The molecule has 0 aliphatic heterocycles. The normalized spacial score (nSPS) is 12.8. The maximum atomic E-state index is 12.5. The standard InChI is InChI=1S/C27H21F3N2O3/c28-27(29,30)35-24-13-7-12-20(16-24)14-15-23-17-25(33-18-21-8-3-1-4-9-21)26(32-31-23)34-19-22-10-5-2-6-11-22/h1-5,7-10,12-13,16-17H,6,11,18-19H2. The number of hydrogen-bond acceptors (Lipinski definition) is 5. The minimum Gasteiger partial charge on any atom is -0.483 e. The van der Waals surface area contributed by atoms with Gasteiger partial charge in [0.15, 0.2) is 5.75 Å². The molecule has 0 saturated heterocycles. The molecular formula is C27H21F3N2O3. The van der Waals surface area contributed by atoms with Gasteiger partial charge in [0.25, 0.3) is 5.88 Å². The first-order chi connectivity index (χ1) is 16.9. The zero-order valence-corrected chi connectivity index (χ0v) is 18.6. The van der Waals surface area contributed by atoms with Crippen molar-refractivity contribution in [2.24, 2.45) is 0 Å². The number of halogens is 3. The van der Waals surface area contributed by atoms with Crippen LogP contribution in [0.15, 0.2) is 84.5 Å². The fraction of sp³-hybridized carbons (Fsp3) is 0.185. The highest BCUT2D eigenvalue weighted by atomic mass is 19.4. The minimum atomic E-state index is -4.78. The van der Waals surface area contributed by atoms with Gasteiger partial charge in [-0.25, -0.2) is 0 Å².